The van der Waals surface area contributed by atoms with Crippen molar-refractivity contribution in [2.45, 2.75) is 5.16 Å². The number of nitrogens with one attached hydrogen (secondary N) is 1. The summed E-state index contributed by atoms with van der Waals surface area (Å²) in [6, 6.07) is 9.90. The van der Waals surface area contributed by atoms with Gasteiger partial charge in [-0.3, -0.25) is 4.79 Å². The van der Waals surface area contributed by atoms with Crippen LogP contribution in [0.3, 0.4) is 0 Å². The van der Waals surface area contributed by atoms with Gasteiger partial charge in [-0.2, -0.15) is 0 Å². The first-order valence-electron chi connectivity index (χ1n) is 6.48. The van der Waals surface area contributed by atoms with E-state index in [-0.39, 0.29) is 5.56 Å². The number of aromatic amines is 1. The van der Waals surface area contributed by atoms with Crippen LogP contribution in [-0.2, 0) is 4.74 Å². The highest BCUT2D eigenvalue weighted by Crippen LogP contribution is 2.31. The Morgan fingerprint density at radius 2 is 2.14 bits per heavy atom. The lowest BCUT2D eigenvalue weighted by Crippen LogP contribution is -2.09. The van der Waals surface area contributed by atoms with Gasteiger partial charge >= 0.3 is 0 Å². The molecule has 21 heavy (non-hydrogen) atoms. The maximum atomic E-state index is 12.4. The van der Waals surface area contributed by atoms with Gasteiger partial charge in [0.05, 0.1) is 12.0 Å². The molecule has 1 aromatic carbocycles. The van der Waals surface area contributed by atoms with Crippen molar-refractivity contribution < 1.29 is 4.74 Å². The Morgan fingerprint density at radius 1 is 1.33 bits per heavy atom. The molecule has 0 amide bonds. The van der Waals surface area contributed by atoms with Crippen LogP contribution < -0.4 is 5.56 Å². The van der Waals surface area contributed by atoms with Gasteiger partial charge in [-0.25, -0.2) is 4.98 Å². The number of nitrogens with zero attached hydrogens (tertiary/aromatic N) is 1. The molecule has 0 aliphatic carbocycles. The van der Waals surface area contributed by atoms with E-state index < -0.39 is 0 Å². The van der Waals surface area contributed by atoms with Gasteiger partial charge in [0.2, 0.25) is 0 Å². The van der Waals surface area contributed by atoms with E-state index in [0.29, 0.717) is 17.1 Å². The van der Waals surface area contributed by atoms with E-state index in [1.165, 1.54) is 23.1 Å². The third-order valence-electron chi connectivity index (χ3n) is 3.03. The maximum absolute atomic E-state index is 12.4. The second-order valence-electron chi connectivity index (χ2n) is 4.41. The van der Waals surface area contributed by atoms with E-state index in [1.807, 2.05) is 35.7 Å². The summed E-state index contributed by atoms with van der Waals surface area (Å²) in [4.78, 5) is 20.5. The second kappa shape index (κ2) is 6.43. The molecular formula is C15H14N2O2S2. The largest absolute Gasteiger partial charge is 0.384 e. The summed E-state index contributed by atoms with van der Waals surface area (Å²) >= 11 is 2.99. The minimum Gasteiger partial charge on any atom is -0.384 e. The quantitative estimate of drug-likeness (QED) is 0.445. The SMILES string of the molecule is COCCSc1nc2scc(-c3ccccc3)c2c(=O)[nH]1. The molecule has 0 saturated carbocycles. The third kappa shape index (κ3) is 3.02. The predicted molar refractivity (Wildman–Crippen MR) is 88.3 cm³/mol. The number of thioether (sulfide) groups is 1. The molecule has 2 aromatic heterocycles. The van der Waals surface area contributed by atoms with Crippen molar-refractivity contribution in [2.24, 2.45) is 0 Å². The molecule has 0 fully saturated rings. The summed E-state index contributed by atoms with van der Waals surface area (Å²) in [5, 5.41) is 3.31. The normalized spacial score (nSPS) is 11.1. The van der Waals surface area contributed by atoms with Crippen LogP contribution in [0, 0.1) is 0 Å². The molecule has 0 aliphatic rings. The number of rotatable bonds is 5. The lowest BCUT2D eigenvalue weighted by atomic mass is 10.1. The van der Waals surface area contributed by atoms with E-state index in [1.54, 1.807) is 7.11 Å². The van der Waals surface area contributed by atoms with Gasteiger partial charge in [-0.1, -0.05) is 42.1 Å². The van der Waals surface area contributed by atoms with Crippen LogP contribution in [0.1, 0.15) is 0 Å². The molecule has 108 valence electrons. The summed E-state index contributed by atoms with van der Waals surface area (Å²) < 4.78 is 5.01. The van der Waals surface area contributed by atoms with Crippen molar-refractivity contribution >= 4 is 33.3 Å². The van der Waals surface area contributed by atoms with Crippen molar-refractivity contribution in [3.8, 4) is 11.1 Å². The highest BCUT2D eigenvalue weighted by Gasteiger charge is 2.12. The maximum Gasteiger partial charge on any atom is 0.260 e. The average Bonchev–Trinajstić information content (AvgIpc) is 2.93. The first-order chi connectivity index (χ1) is 10.3. The number of hydrogen-bond acceptors (Lipinski definition) is 5. The zero-order chi connectivity index (χ0) is 14.7. The highest BCUT2D eigenvalue weighted by atomic mass is 32.2. The Balaban J connectivity index is 2.02. The molecule has 0 saturated heterocycles. The van der Waals surface area contributed by atoms with Crippen molar-refractivity contribution in [1.82, 2.24) is 9.97 Å². The standard InChI is InChI=1S/C15H14N2O2S2/c1-19-7-8-20-15-16-13(18)12-11(9-21-14(12)17-15)10-5-3-2-4-6-10/h2-6,9H,7-8H2,1H3,(H,16,17,18). The van der Waals surface area contributed by atoms with Crippen LogP contribution in [0.15, 0.2) is 45.7 Å². The van der Waals surface area contributed by atoms with E-state index in [4.69, 9.17) is 4.74 Å². The topological polar surface area (TPSA) is 55.0 Å². The number of thiophene rings is 1. The van der Waals surface area contributed by atoms with Gasteiger partial charge in [0.1, 0.15) is 4.83 Å². The van der Waals surface area contributed by atoms with E-state index in [9.17, 15) is 4.79 Å². The Morgan fingerprint density at radius 3 is 2.90 bits per heavy atom. The summed E-state index contributed by atoms with van der Waals surface area (Å²) in [6.07, 6.45) is 0. The van der Waals surface area contributed by atoms with E-state index in [2.05, 4.69) is 9.97 Å². The van der Waals surface area contributed by atoms with Crippen LogP contribution in [0.2, 0.25) is 0 Å². The lowest BCUT2D eigenvalue weighted by molar-refractivity contribution is 0.218. The second-order valence-corrected chi connectivity index (χ2v) is 6.35. The number of H-pyrrole nitrogens is 1. The molecule has 0 spiro atoms. The Kier molecular flexibility index (Phi) is 4.38. The minimum absolute atomic E-state index is 0.0833. The monoisotopic (exact) mass is 318 g/mol. The molecular weight excluding hydrogens is 304 g/mol. The summed E-state index contributed by atoms with van der Waals surface area (Å²) in [6.45, 7) is 0.631. The highest BCUT2D eigenvalue weighted by molar-refractivity contribution is 7.99. The van der Waals surface area contributed by atoms with Crippen LogP contribution in [0.5, 0.6) is 0 Å². The van der Waals surface area contributed by atoms with Gasteiger partial charge in [-0.15, -0.1) is 11.3 Å². The fraction of sp³-hybridized carbons (Fsp3) is 0.200. The van der Waals surface area contributed by atoms with E-state index in [0.717, 1.165) is 21.7 Å². The van der Waals surface area contributed by atoms with Gasteiger partial charge in [-0.05, 0) is 5.56 Å². The molecule has 0 bridgehead atoms. The summed E-state index contributed by atoms with van der Waals surface area (Å²) in [7, 11) is 1.66. The van der Waals surface area contributed by atoms with Crippen LogP contribution in [-0.4, -0.2) is 29.4 Å². The van der Waals surface area contributed by atoms with Crippen LogP contribution in [0.25, 0.3) is 21.3 Å². The van der Waals surface area contributed by atoms with Crippen molar-refractivity contribution in [3.05, 3.63) is 46.1 Å². The Hall–Kier alpha value is -1.63. The Labute approximate surface area is 130 Å². The molecule has 1 N–H and O–H groups in total. The molecule has 0 unspecified atom stereocenters. The smallest absolute Gasteiger partial charge is 0.260 e. The van der Waals surface area contributed by atoms with Crippen LogP contribution >= 0.6 is 23.1 Å². The molecule has 4 nitrogen and oxygen atoms in total. The van der Waals surface area contributed by atoms with Gasteiger partial charge in [0.25, 0.3) is 5.56 Å². The number of methoxy groups -OCH3 is 1. The Bertz CT molecular complexity index is 796. The van der Waals surface area contributed by atoms with Crippen LogP contribution in [0.4, 0.5) is 0 Å². The number of fused-ring (bicyclic) bond motifs is 1. The first kappa shape index (κ1) is 14.3. The molecule has 6 heteroatoms. The molecule has 3 rings (SSSR count). The number of hydrogen-bond donors (Lipinski definition) is 1. The molecule has 0 atom stereocenters. The van der Waals surface area contributed by atoms with Crippen molar-refractivity contribution in [1.29, 1.82) is 0 Å². The van der Waals surface area contributed by atoms with Crippen molar-refractivity contribution in [3.63, 3.8) is 0 Å². The fourth-order valence-corrected chi connectivity index (χ4v) is 3.82. The molecule has 2 heterocycles. The fourth-order valence-electron chi connectivity index (χ4n) is 2.05. The lowest BCUT2D eigenvalue weighted by Gasteiger charge is -2.01. The zero-order valence-electron chi connectivity index (χ0n) is 11.5. The first-order valence-corrected chi connectivity index (χ1v) is 8.35. The predicted octanol–water partition coefficient (Wildman–Crippen LogP) is 3.39. The third-order valence-corrected chi connectivity index (χ3v) is 4.74. The number of aromatic nitrogens is 2. The number of benzene rings is 1. The molecule has 3 aromatic rings. The molecule has 0 aliphatic heterocycles. The van der Waals surface area contributed by atoms with E-state index >= 15 is 0 Å². The van der Waals surface area contributed by atoms with Gasteiger partial charge in [0, 0.05) is 23.8 Å². The molecule has 0 radical (unpaired) electrons. The minimum atomic E-state index is -0.0833. The van der Waals surface area contributed by atoms with Gasteiger partial charge in [0.15, 0.2) is 5.16 Å². The average molecular weight is 318 g/mol. The number of ether oxygens (including phenoxy) is 1. The summed E-state index contributed by atoms with van der Waals surface area (Å²) in [5.41, 5.74) is 1.90. The van der Waals surface area contributed by atoms with Gasteiger partial charge < -0.3 is 9.72 Å². The summed E-state index contributed by atoms with van der Waals surface area (Å²) in [5.74, 6) is 0.766. The van der Waals surface area contributed by atoms with Crippen molar-refractivity contribution in [2.75, 3.05) is 19.5 Å². The zero-order valence-corrected chi connectivity index (χ0v) is 13.1.